The number of benzene rings is 1. The van der Waals surface area contributed by atoms with Gasteiger partial charge in [0.25, 0.3) is 0 Å². The standard InChI is InChI=1S/C13H17BrFN3O2/c1-18-6-4-8(5-7-18)20-10-3-2-9(13(16)17-19)11(14)12(10)15/h2-3,8,19H,4-7H2,1H3,(H2,16,17). The van der Waals surface area contributed by atoms with Crippen LogP contribution in [0.15, 0.2) is 21.8 Å². The van der Waals surface area contributed by atoms with Crippen molar-refractivity contribution >= 4 is 21.8 Å². The van der Waals surface area contributed by atoms with E-state index in [4.69, 9.17) is 15.7 Å². The van der Waals surface area contributed by atoms with Crippen LogP contribution in [0.1, 0.15) is 18.4 Å². The number of halogens is 2. The summed E-state index contributed by atoms with van der Waals surface area (Å²) in [6.07, 6.45) is 1.76. The third kappa shape index (κ3) is 3.21. The summed E-state index contributed by atoms with van der Waals surface area (Å²) in [4.78, 5) is 2.22. The van der Waals surface area contributed by atoms with E-state index in [0.29, 0.717) is 5.56 Å². The molecule has 0 unspecified atom stereocenters. The molecule has 5 nitrogen and oxygen atoms in total. The molecule has 1 aliphatic heterocycles. The van der Waals surface area contributed by atoms with Crippen molar-refractivity contribution in [3.8, 4) is 5.75 Å². The van der Waals surface area contributed by atoms with E-state index in [0.717, 1.165) is 25.9 Å². The molecule has 20 heavy (non-hydrogen) atoms. The summed E-state index contributed by atoms with van der Waals surface area (Å²) in [5.74, 6) is -0.504. The maximum Gasteiger partial charge on any atom is 0.179 e. The molecule has 7 heteroatoms. The number of likely N-dealkylation sites (tertiary alicyclic amines) is 1. The summed E-state index contributed by atoms with van der Waals surface area (Å²) < 4.78 is 20.1. The number of oxime groups is 1. The molecule has 3 N–H and O–H groups in total. The van der Waals surface area contributed by atoms with Gasteiger partial charge in [0.15, 0.2) is 17.4 Å². The minimum Gasteiger partial charge on any atom is -0.487 e. The van der Waals surface area contributed by atoms with Gasteiger partial charge in [-0.1, -0.05) is 5.16 Å². The Morgan fingerprint density at radius 3 is 2.75 bits per heavy atom. The topological polar surface area (TPSA) is 71.1 Å². The lowest BCUT2D eigenvalue weighted by Crippen LogP contribution is -2.35. The number of ether oxygens (including phenoxy) is 1. The number of nitrogens with two attached hydrogens (primary N) is 1. The summed E-state index contributed by atoms with van der Waals surface area (Å²) >= 11 is 3.11. The molecule has 0 aromatic heterocycles. The van der Waals surface area contributed by atoms with Gasteiger partial charge in [-0.15, -0.1) is 0 Å². The van der Waals surface area contributed by atoms with Gasteiger partial charge in [-0.3, -0.25) is 0 Å². The Bertz CT molecular complexity index is 517. The quantitative estimate of drug-likeness (QED) is 0.381. The van der Waals surface area contributed by atoms with Gasteiger partial charge in [0.1, 0.15) is 6.10 Å². The monoisotopic (exact) mass is 345 g/mol. The predicted octanol–water partition coefficient (Wildman–Crippen LogP) is 2.16. The first-order valence-corrected chi connectivity index (χ1v) is 7.13. The molecular weight excluding hydrogens is 329 g/mol. The van der Waals surface area contributed by atoms with E-state index in [1.54, 1.807) is 6.07 Å². The van der Waals surface area contributed by atoms with Crippen LogP contribution in [0.2, 0.25) is 0 Å². The summed E-state index contributed by atoms with van der Waals surface area (Å²) in [7, 11) is 2.05. The number of hydrogen-bond donors (Lipinski definition) is 2. The van der Waals surface area contributed by atoms with Crippen LogP contribution in [0.4, 0.5) is 4.39 Å². The van der Waals surface area contributed by atoms with E-state index in [1.807, 2.05) is 0 Å². The average molecular weight is 346 g/mol. The van der Waals surface area contributed by atoms with Crippen molar-refractivity contribution in [2.24, 2.45) is 10.9 Å². The molecule has 2 rings (SSSR count). The molecule has 1 saturated heterocycles. The second-order valence-corrected chi connectivity index (χ2v) is 5.64. The number of piperidine rings is 1. The number of hydrogen-bond acceptors (Lipinski definition) is 4. The zero-order chi connectivity index (χ0) is 14.7. The molecule has 0 aliphatic carbocycles. The first-order valence-electron chi connectivity index (χ1n) is 6.34. The van der Waals surface area contributed by atoms with Gasteiger partial charge in [0.05, 0.1) is 4.47 Å². The SMILES string of the molecule is CN1CCC(Oc2ccc(/C(N)=N/O)c(Br)c2F)CC1. The van der Waals surface area contributed by atoms with Crippen molar-refractivity contribution in [1.29, 1.82) is 0 Å². The van der Waals surface area contributed by atoms with Crippen molar-refractivity contribution in [2.45, 2.75) is 18.9 Å². The summed E-state index contributed by atoms with van der Waals surface area (Å²) in [5, 5.41) is 11.5. The minimum absolute atomic E-state index is 0.0160. The first kappa shape index (κ1) is 15.1. The molecule has 1 aliphatic rings. The van der Waals surface area contributed by atoms with Gasteiger partial charge in [-0.25, -0.2) is 4.39 Å². The van der Waals surface area contributed by atoms with Crippen LogP contribution in [0, 0.1) is 5.82 Å². The Hall–Kier alpha value is -1.34. The van der Waals surface area contributed by atoms with Crippen molar-refractivity contribution in [2.75, 3.05) is 20.1 Å². The van der Waals surface area contributed by atoms with Crippen LogP contribution in [0.25, 0.3) is 0 Å². The van der Waals surface area contributed by atoms with Gasteiger partial charge in [0, 0.05) is 18.7 Å². The largest absolute Gasteiger partial charge is 0.487 e. The predicted molar refractivity (Wildman–Crippen MR) is 77.8 cm³/mol. The van der Waals surface area contributed by atoms with E-state index >= 15 is 0 Å². The molecule has 1 aromatic rings. The van der Waals surface area contributed by atoms with E-state index in [2.05, 4.69) is 33.0 Å². The van der Waals surface area contributed by atoms with Gasteiger partial charge in [-0.05, 0) is 48.0 Å². The molecule has 0 amide bonds. The second kappa shape index (κ2) is 6.41. The maximum atomic E-state index is 14.2. The number of rotatable bonds is 3. The highest BCUT2D eigenvalue weighted by Gasteiger charge is 2.21. The molecule has 110 valence electrons. The number of amidine groups is 1. The van der Waals surface area contributed by atoms with E-state index in [9.17, 15) is 4.39 Å². The fourth-order valence-electron chi connectivity index (χ4n) is 2.16. The minimum atomic E-state index is -0.534. The molecule has 0 saturated carbocycles. The number of nitrogens with zero attached hydrogens (tertiary/aromatic N) is 2. The summed E-state index contributed by atoms with van der Waals surface area (Å²) in [5.41, 5.74) is 5.76. The smallest absolute Gasteiger partial charge is 0.179 e. The lowest BCUT2D eigenvalue weighted by Gasteiger charge is -2.29. The Morgan fingerprint density at radius 2 is 2.15 bits per heavy atom. The normalized spacial score (nSPS) is 18.2. The summed E-state index contributed by atoms with van der Waals surface area (Å²) in [6.45, 7) is 1.88. The van der Waals surface area contributed by atoms with Crippen molar-refractivity contribution < 1.29 is 14.3 Å². The van der Waals surface area contributed by atoms with Crippen molar-refractivity contribution in [1.82, 2.24) is 4.90 Å². The first-order chi connectivity index (χ1) is 9.52. The van der Waals surface area contributed by atoms with Crippen molar-refractivity contribution in [3.63, 3.8) is 0 Å². The van der Waals surface area contributed by atoms with Gasteiger partial charge < -0.3 is 20.6 Å². The fraction of sp³-hybridized carbons (Fsp3) is 0.462. The average Bonchev–Trinajstić information content (AvgIpc) is 2.45. The highest BCUT2D eigenvalue weighted by atomic mass is 79.9. The van der Waals surface area contributed by atoms with Crippen molar-refractivity contribution in [3.05, 3.63) is 28.0 Å². The van der Waals surface area contributed by atoms with E-state index < -0.39 is 5.82 Å². The third-order valence-corrected chi connectivity index (χ3v) is 4.17. The van der Waals surface area contributed by atoms with Crippen LogP contribution in [0.5, 0.6) is 5.75 Å². The highest BCUT2D eigenvalue weighted by Crippen LogP contribution is 2.30. The third-order valence-electron chi connectivity index (χ3n) is 3.39. The van der Waals surface area contributed by atoms with Crippen LogP contribution in [-0.2, 0) is 0 Å². The zero-order valence-electron chi connectivity index (χ0n) is 11.1. The molecule has 0 radical (unpaired) electrons. The van der Waals surface area contributed by atoms with Crippen LogP contribution >= 0.6 is 15.9 Å². The fourth-order valence-corrected chi connectivity index (χ4v) is 2.69. The Balaban J connectivity index is 2.15. The van der Waals surface area contributed by atoms with Gasteiger partial charge >= 0.3 is 0 Å². The molecular formula is C13H17BrFN3O2. The maximum absolute atomic E-state index is 14.2. The van der Waals surface area contributed by atoms with Gasteiger partial charge in [0.2, 0.25) is 0 Å². The highest BCUT2D eigenvalue weighted by molar-refractivity contribution is 9.10. The van der Waals surface area contributed by atoms with E-state index in [1.165, 1.54) is 6.07 Å². The molecule has 1 fully saturated rings. The van der Waals surface area contributed by atoms with Crippen LogP contribution < -0.4 is 10.5 Å². The molecule has 0 spiro atoms. The lowest BCUT2D eigenvalue weighted by atomic mass is 10.1. The Morgan fingerprint density at radius 1 is 1.50 bits per heavy atom. The Kier molecular flexibility index (Phi) is 4.82. The van der Waals surface area contributed by atoms with Gasteiger partial charge in [-0.2, -0.15) is 0 Å². The molecule has 1 heterocycles. The zero-order valence-corrected chi connectivity index (χ0v) is 12.7. The van der Waals surface area contributed by atoms with Crippen LogP contribution in [-0.4, -0.2) is 42.2 Å². The molecule has 0 atom stereocenters. The van der Waals surface area contributed by atoms with Crippen LogP contribution in [0.3, 0.4) is 0 Å². The lowest BCUT2D eigenvalue weighted by molar-refractivity contribution is 0.110. The second-order valence-electron chi connectivity index (χ2n) is 4.84. The molecule has 1 aromatic carbocycles. The Labute approximate surface area is 125 Å². The molecule has 0 bridgehead atoms. The van der Waals surface area contributed by atoms with E-state index in [-0.39, 0.29) is 22.2 Å². The summed E-state index contributed by atoms with van der Waals surface area (Å²) in [6, 6.07) is 3.07.